The van der Waals surface area contributed by atoms with Crippen LogP contribution in [0.3, 0.4) is 0 Å². The second-order valence-corrected chi connectivity index (χ2v) is 9.31. The highest BCUT2D eigenvalue weighted by Crippen LogP contribution is 2.53. The molecule has 5 nitrogen and oxygen atoms in total. The topological polar surface area (TPSA) is 83.8 Å². The van der Waals surface area contributed by atoms with Gasteiger partial charge in [-0.15, -0.1) is 0 Å². The molecule has 0 bridgehead atoms. The van der Waals surface area contributed by atoms with E-state index in [1.807, 2.05) is 0 Å². The van der Waals surface area contributed by atoms with Crippen LogP contribution in [0.25, 0.3) is 0 Å². The number of carbonyl (C=O) groups excluding carboxylic acids is 1. The molecule has 0 aliphatic carbocycles. The Labute approximate surface area is 179 Å². The normalized spacial score (nSPS) is 12.5. The minimum atomic E-state index is -4.65. The summed E-state index contributed by atoms with van der Waals surface area (Å²) >= 11 is 0. The van der Waals surface area contributed by atoms with Gasteiger partial charge < -0.3 is 14.5 Å². The molecule has 1 atom stereocenters. The van der Waals surface area contributed by atoms with Crippen molar-refractivity contribution in [3.05, 3.63) is 65.7 Å². The first-order valence-electron chi connectivity index (χ1n) is 10.8. The van der Waals surface area contributed by atoms with E-state index in [9.17, 15) is 19.1 Å². The smallest absolute Gasteiger partial charge is 0.340 e. The molecule has 0 fully saturated rings. The number of carbonyl (C=O) groups is 1. The number of hydrogen-bond donors (Lipinski definition) is 2. The summed E-state index contributed by atoms with van der Waals surface area (Å²) in [5.74, 6) is 0.0612. The van der Waals surface area contributed by atoms with Gasteiger partial charge in [0.2, 0.25) is 0 Å². The predicted molar refractivity (Wildman–Crippen MR) is 120 cm³/mol. The van der Waals surface area contributed by atoms with E-state index in [4.69, 9.17) is 4.74 Å². The van der Waals surface area contributed by atoms with Crippen molar-refractivity contribution in [3.8, 4) is 5.75 Å². The lowest BCUT2D eigenvalue weighted by Gasteiger charge is -2.18. The number of Topliss-reactive ketones (excluding diaryl/α,β-unsaturated/α-hetero) is 1. The van der Waals surface area contributed by atoms with Gasteiger partial charge >= 0.3 is 7.60 Å². The minimum Gasteiger partial charge on any atom is -0.494 e. The summed E-state index contributed by atoms with van der Waals surface area (Å²) in [5, 5.41) is 0. The highest BCUT2D eigenvalue weighted by atomic mass is 31.2. The van der Waals surface area contributed by atoms with Crippen molar-refractivity contribution >= 4 is 13.4 Å². The van der Waals surface area contributed by atoms with Gasteiger partial charge in [-0.3, -0.25) is 9.36 Å². The first-order chi connectivity index (χ1) is 14.4. The zero-order valence-corrected chi connectivity index (χ0v) is 18.6. The zero-order valence-electron chi connectivity index (χ0n) is 17.7. The van der Waals surface area contributed by atoms with E-state index in [1.165, 1.54) is 38.5 Å². The van der Waals surface area contributed by atoms with Crippen LogP contribution < -0.4 is 4.74 Å². The summed E-state index contributed by atoms with van der Waals surface area (Å²) in [6.07, 6.45) is 9.86. The third-order valence-electron chi connectivity index (χ3n) is 5.11. The van der Waals surface area contributed by atoms with Crippen molar-refractivity contribution in [2.24, 2.45) is 0 Å². The van der Waals surface area contributed by atoms with Gasteiger partial charge in [-0.25, -0.2) is 0 Å². The lowest BCUT2D eigenvalue weighted by atomic mass is 10.0. The van der Waals surface area contributed by atoms with Gasteiger partial charge in [0.25, 0.3) is 0 Å². The molecule has 2 aromatic rings. The molecular weight excluding hydrogens is 399 g/mol. The van der Waals surface area contributed by atoms with Gasteiger partial charge in [0.05, 0.1) is 6.61 Å². The van der Waals surface area contributed by atoms with E-state index in [1.54, 1.807) is 54.6 Å². The molecule has 0 heterocycles. The lowest BCUT2D eigenvalue weighted by Crippen LogP contribution is -2.13. The predicted octanol–water partition coefficient (Wildman–Crippen LogP) is 6.31. The Hall–Kier alpha value is -1.94. The quantitative estimate of drug-likeness (QED) is 0.208. The second-order valence-electron chi connectivity index (χ2n) is 7.61. The van der Waals surface area contributed by atoms with Crippen LogP contribution in [-0.4, -0.2) is 22.2 Å². The van der Waals surface area contributed by atoms with Gasteiger partial charge in [0, 0.05) is 5.56 Å². The van der Waals surface area contributed by atoms with Crippen LogP contribution in [-0.2, 0) is 4.57 Å². The Bertz CT molecular complexity index is 798. The Kier molecular flexibility index (Phi) is 10.3. The number of hydrogen-bond acceptors (Lipinski definition) is 3. The van der Waals surface area contributed by atoms with Crippen molar-refractivity contribution in [3.63, 3.8) is 0 Å². The molecule has 2 aromatic carbocycles. The molecule has 0 spiro atoms. The van der Waals surface area contributed by atoms with Crippen LogP contribution in [0.5, 0.6) is 5.75 Å². The SMILES string of the molecule is CCCCCCCCCCOc1ccc(C(=O)C(c2ccccc2)P(=O)(O)O)cc1. The van der Waals surface area contributed by atoms with Crippen molar-refractivity contribution in [2.75, 3.05) is 6.61 Å². The molecule has 2 N–H and O–H groups in total. The van der Waals surface area contributed by atoms with E-state index in [-0.39, 0.29) is 5.56 Å². The first kappa shape index (κ1) is 24.3. The molecule has 0 saturated heterocycles. The number of benzene rings is 2. The van der Waals surface area contributed by atoms with Crippen LogP contribution in [0.4, 0.5) is 0 Å². The largest absolute Gasteiger partial charge is 0.494 e. The van der Waals surface area contributed by atoms with Crippen LogP contribution in [0, 0.1) is 0 Å². The zero-order chi connectivity index (χ0) is 21.8. The fourth-order valence-electron chi connectivity index (χ4n) is 3.43. The fraction of sp³-hybridized carbons (Fsp3) is 0.458. The van der Waals surface area contributed by atoms with Crippen LogP contribution >= 0.6 is 7.60 Å². The molecule has 0 amide bonds. The van der Waals surface area contributed by atoms with Gasteiger partial charge in [-0.1, -0.05) is 82.2 Å². The number of rotatable bonds is 14. The second kappa shape index (κ2) is 12.7. The fourth-order valence-corrected chi connectivity index (χ4v) is 4.45. The standard InChI is InChI=1S/C24H33O5P/c1-2-3-4-5-6-7-8-12-19-29-22-17-15-20(16-18-22)23(25)24(30(26,27)28)21-13-10-9-11-14-21/h9-11,13-18,24H,2-8,12,19H2,1H3,(H2,26,27,28). The van der Waals surface area contributed by atoms with Crippen molar-refractivity contribution < 1.29 is 23.9 Å². The maximum Gasteiger partial charge on any atom is 0.340 e. The summed E-state index contributed by atoms with van der Waals surface area (Å²) in [6, 6.07) is 14.7. The average molecular weight is 432 g/mol. The van der Waals surface area contributed by atoms with E-state index in [0.717, 1.165) is 12.8 Å². The number of ketones is 1. The molecule has 6 heteroatoms. The van der Waals surface area contributed by atoms with E-state index < -0.39 is 19.0 Å². The molecule has 164 valence electrons. The third kappa shape index (κ3) is 8.06. The summed E-state index contributed by atoms with van der Waals surface area (Å²) in [4.78, 5) is 32.3. The first-order valence-corrected chi connectivity index (χ1v) is 12.5. The number of ether oxygens (including phenoxy) is 1. The van der Waals surface area contributed by atoms with Gasteiger partial charge in [-0.05, 0) is 36.2 Å². The van der Waals surface area contributed by atoms with Crippen LogP contribution in [0.15, 0.2) is 54.6 Å². The summed E-state index contributed by atoms with van der Waals surface area (Å²) in [5.41, 5.74) is -0.930. The summed E-state index contributed by atoms with van der Waals surface area (Å²) in [7, 11) is -4.65. The van der Waals surface area contributed by atoms with Crippen molar-refractivity contribution in [1.82, 2.24) is 0 Å². The molecule has 0 saturated carbocycles. The molecule has 0 aromatic heterocycles. The monoisotopic (exact) mass is 432 g/mol. The molecule has 0 aliphatic rings. The summed E-state index contributed by atoms with van der Waals surface area (Å²) < 4.78 is 17.7. The molecule has 1 unspecified atom stereocenters. The van der Waals surface area contributed by atoms with Gasteiger partial charge in [0.15, 0.2) is 5.78 Å². The Morgan fingerprint density at radius 2 is 1.43 bits per heavy atom. The van der Waals surface area contributed by atoms with Crippen LogP contribution in [0.2, 0.25) is 0 Å². The maximum atomic E-state index is 12.8. The Balaban J connectivity index is 1.84. The molecule has 2 rings (SSSR count). The third-order valence-corrected chi connectivity index (χ3v) is 6.31. The molecular formula is C24H33O5P. The van der Waals surface area contributed by atoms with Crippen molar-refractivity contribution in [2.45, 2.75) is 63.9 Å². The molecule has 0 radical (unpaired) electrons. The highest BCUT2D eigenvalue weighted by Gasteiger charge is 2.37. The molecule has 0 aliphatic heterocycles. The molecule has 30 heavy (non-hydrogen) atoms. The van der Waals surface area contributed by atoms with E-state index >= 15 is 0 Å². The van der Waals surface area contributed by atoms with E-state index in [0.29, 0.717) is 17.9 Å². The van der Waals surface area contributed by atoms with Crippen LogP contribution in [0.1, 0.15) is 79.9 Å². The van der Waals surface area contributed by atoms with E-state index in [2.05, 4.69) is 6.92 Å². The van der Waals surface area contributed by atoms with Gasteiger partial charge in [-0.2, -0.15) is 0 Å². The Morgan fingerprint density at radius 3 is 2.00 bits per heavy atom. The lowest BCUT2D eigenvalue weighted by molar-refractivity contribution is 0.0978. The Morgan fingerprint density at radius 1 is 0.867 bits per heavy atom. The van der Waals surface area contributed by atoms with Gasteiger partial charge in [0.1, 0.15) is 11.4 Å². The maximum absolute atomic E-state index is 12.8. The van der Waals surface area contributed by atoms with Crippen molar-refractivity contribution in [1.29, 1.82) is 0 Å². The number of unbranched alkanes of at least 4 members (excludes halogenated alkanes) is 7. The minimum absolute atomic E-state index is 0.256. The average Bonchev–Trinajstić information content (AvgIpc) is 2.73. The summed E-state index contributed by atoms with van der Waals surface area (Å²) in [6.45, 7) is 2.84. The highest BCUT2D eigenvalue weighted by molar-refractivity contribution is 7.53.